The van der Waals surface area contributed by atoms with Gasteiger partial charge in [0.15, 0.2) is 0 Å². The maximum absolute atomic E-state index is 13.3. The lowest BCUT2D eigenvalue weighted by atomic mass is 10.0. The standard InChI is InChI=1S/C25H21ClN4O2/c1-15-23-19(17-9-5-4-6-10-17)13-22(31)30(25(23)29(3)28-15)14-21-16(2)32-24(27-21)18-11-7-8-12-20(18)26/h4-13H,14H2,1-3H3. The number of aryl methyl sites for hydroxylation is 3. The molecule has 0 saturated heterocycles. The average Bonchev–Trinajstić information content (AvgIpc) is 3.29. The van der Waals surface area contributed by atoms with E-state index in [1.165, 1.54) is 0 Å². The molecule has 3 aromatic heterocycles. The summed E-state index contributed by atoms with van der Waals surface area (Å²) in [5.74, 6) is 1.08. The van der Waals surface area contributed by atoms with E-state index in [9.17, 15) is 4.79 Å². The van der Waals surface area contributed by atoms with Crippen LogP contribution in [0.3, 0.4) is 0 Å². The third kappa shape index (κ3) is 3.33. The average molecular weight is 445 g/mol. The molecule has 0 aliphatic rings. The first-order chi connectivity index (χ1) is 15.4. The van der Waals surface area contributed by atoms with Crippen molar-refractivity contribution in [1.29, 1.82) is 0 Å². The van der Waals surface area contributed by atoms with Crippen LogP contribution in [-0.2, 0) is 13.6 Å². The van der Waals surface area contributed by atoms with Gasteiger partial charge in [-0.1, -0.05) is 54.1 Å². The third-order valence-electron chi connectivity index (χ3n) is 5.64. The van der Waals surface area contributed by atoms with Crippen molar-refractivity contribution in [2.24, 2.45) is 7.05 Å². The highest BCUT2D eigenvalue weighted by molar-refractivity contribution is 6.33. The predicted molar refractivity (Wildman–Crippen MR) is 126 cm³/mol. The van der Waals surface area contributed by atoms with Crippen LogP contribution < -0.4 is 5.56 Å². The third-order valence-corrected chi connectivity index (χ3v) is 5.97. The number of benzene rings is 2. The van der Waals surface area contributed by atoms with Crippen LogP contribution in [-0.4, -0.2) is 19.3 Å². The minimum absolute atomic E-state index is 0.124. The SMILES string of the molecule is Cc1oc(-c2ccccc2Cl)nc1Cn1c(=O)cc(-c2ccccc2)c2c(C)nn(C)c21. The van der Waals surface area contributed by atoms with Gasteiger partial charge >= 0.3 is 0 Å². The maximum atomic E-state index is 13.3. The van der Waals surface area contributed by atoms with Crippen molar-refractivity contribution < 1.29 is 4.42 Å². The zero-order chi connectivity index (χ0) is 22.4. The molecule has 32 heavy (non-hydrogen) atoms. The number of nitrogens with zero attached hydrogens (tertiary/aromatic N) is 4. The highest BCUT2D eigenvalue weighted by Gasteiger charge is 2.20. The molecule has 3 heterocycles. The summed E-state index contributed by atoms with van der Waals surface area (Å²) in [6.07, 6.45) is 0. The van der Waals surface area contributed by atoms with E-state index in [1.54, 1.807) is 21.4 Å². The summed E-state index contributed by atoms with van der Waals surface area (Å²) < 4.78 is 9.35. The van der Waals surface area contributed by atoms with Crippen LogP contribution in [0, 0.1) is 13.8 Å². The highest BCUT2D eigenvalue weighted by atomic mass is 35.5. The number of pyridine rings is 1. The lowest BCUT2D eigenvalue weighted by Crippen LogP contribution is -2.22. The van der Waals surface area contributed by atoms with Gasteiger partial charge in [0.1, 0.15) is 17.1 Å². The van der Waals surface area contributed by atoms with Gasteiger partial charge < -0.3 is 4.42 Å². The van der Waals surface area contributed by atoms with E-state index >= 15 is 0 Å². The number of rotatable bonds is 4. The summed E-state index contributed by atoms with van der Waals surface area (Å²) in [5, 5.41) is 6.12. The van der Waals surface area contributed by atoms with Crippen molar-refractivity contribution in [1.82, 2.24) is 19.3 Å². The molecule has 5 rings (SSSR count). The molecule has 0 N–H and O–H groups in total. The number of hydrogen-bond donors (Lipinski definition) is 0. The Morgan fingerprint density at radius 3 is 2.47 bits per heavy atom. The van der Waals surface area contributed by atoms with Crippen molar-refractivity contribution in [2.45, 2.75) is 20.4 Å². The monoisotopic (exact) mass is 444 g/mol. The fourth-order valence-corrected chi connectivity index (χ4v) is 4.34. The van der Waals surface area contributed by atoms with Crippen LogP contribution in [0.15, 0.2) is 69.9 Å². The Morgan fingerprint density at radius 1 is 1.00 bits per heavy atom. The zero-order valence-electron chi connectivity index (χ0n) is 18.0. The number of hydrogen-bond acceptors (Lipinski definition) is 4. The molecule has 2 aromatic carbocycles. The van der Waals surface area contributed by atoms with E-state index in [4.69, 9.17) is 16.0 Å². The van der Waals surface area contributed by atoms with Gasteiger partial charge in [-0.3, -0.25) is 14.0 Å². The Morgan fingerprint density at radius 2 is 1.72 bits per heavy atom. The topological polar surface area (TPSA) is 65.8 Å². The van der Waals surface area contributed by atoms with Crippen molar-refractivity contribution in [3.05, 3.63) is 93.2 Å². The van der Waals surface area contributed by atoms with Crippen molar-refractivity contribution >= 4 is 22.6 Å². The summed E-state index contributed by atoms with van der Waals surface area (Å²) in [6.45, 7) is 4.07. The number of oxazole rings is 1. The molecule has 0 radical (unpaired) electrons. The van der Waals surface area contributed by atoms with Crippen LogP contribution in [0.2, 0.25) is 5.02 Å². The molecule has 160 valence electrons. The number of fused-ring (bicyclic) bond motifs is 1. The van der Waals surface area contributed by atoms with Crippen LogP contribution in [0.1, 0.15) is 17.1 Å². The van der Waals surface area contributed by atoms with Crippen molar-refractivity contribution in [3.63, 3.8) is 0 Å². The smallest absolute Gasteiger partial charge is 0.253 e. The minimum Gasteiger partial charge on any atom is -0.441 e. The fraction of sp³-hybridized carbons (Fsp3) is 0.160. The Balaban J connectivity index is 1.66. The van der Waals surface area contributed by atoms with Gasteiger partial charge in [0.05, 0.1) is 22.8 Å². The quantitative estimate of drug-likeness (QED) is 0.373. The van der Waals surface area contributed by atoms with Gasteiger partial charge in [-0.25, -0.2) is 4.98 Å². The second-order valence-electron chi connectivity index (χ2n) is 7.76. The van der Waals surface area contributed by atoms with Gasteiger partial charge in [0.2, 0.25) is 5.89 Å². The van der Waals surface area contributed by atoms with E-state index < -0.39 is 0 Å². The molecule has 0 bridgehead atoms. The summed E-state index contributed by atoms with van der Waals surface area (Å²) in [5.41, 5.74) is 4.74. The lowest BCUT2D eigenvalue weighted by molar-refractivity contribution is 0.537. The molecule has 6 nitrogen and oxygen atoms in total. The molecular formula is C25H21ClN4O2. The number of aromatic nitrogens is 4. The van der Waals surface area contributed by atoms with Gasteiger partial charge in [0, 0.05) is 18.5 Å². The Hall–Kier alpha value is -3.64. The molecule has 0 aliphatic carbocycles. The van der Waals surface area contributed by atoms with E-state index in [-0.39, 0.29) is 12.1 Å². The summed E-state index contributed by atoms with van der Waals surface area (Å²) >= 11 is 6.32. The first kappa shape index (κ1) is 20.3. The second-order valence-corrected chi connectivity index (χ2v) is 8.16. The Bertz CT molecular complexity index is 1510. The van der Waals surface area contributed by atoms with Crippen LogP contribution in [0.25, 0.3) is 33.6 Å². The summed E-state index contributed by atoms with van der Waals surface area (Å²) in [7, 11) is 1.85. The molecule has 0 fully saturated rings. The molecule has 5 aromatic rings. The van der Waals surface area contributed by atoms with E-state index in [0.717, 1.165) is 33.4 Å². The van der Waals surface area contributed by atoms with Gasteiger partial charge in [-0.05, 0) is 37.1 Å². The van der Waals surface area contributed by atoms with E-state index in [1.807, 2.05) is 69.4 Å². The molecule has 0 atom stereocenters. The van der Waals surface area contributed by atoms with E-state index in [0.29, 0.717) is 22.4 Å². The first-order valence-corrected chi connectivity index (χ1v) is 10.7. The molecular weight excluding hydrogens is 424 g/mol. The van der Waals surface area contributed by atoms with Crippen molar-refractivity contribution in [3.8, 4) is 22.6 Å². The van der Waals surface area contributed by atoms with Gasteiger partial charge in [-0.15, -0.1) is 0 Å². The molecule has 0 saturated carbocycles. The lowest BCUT2D eigenvalue weighted by Gasteiger charge is -2.11. The molecule has 0 aliphatic heterocycles. The first-order valence-electron chi connectivity index (χ1n) is 10.3. The maximum Gasteiger partial charge on any atom is 0.253 e. The Labute approximate surface area is 189 Å². The van der Waals surface area contributed by atoms with Crippen LogP contribution in [0.5, 0.6) is 0 Å². The molecule has 0 unspecified atom stereocenters. The van der Waals surface area contributed by atoms with Gasteiger partial charge in [-0.2, -0.15) is 5.10 Å². The highest BCUT2D eigenvalue weighted by Crippen LogP contribution is 2.31. The van der Waals surface area contributed by atoms with Crippen LogP contribution >= 0.6 is 11.6 Å². The largest absolute Gasteiger partial charge is 0.441 e. The second kappa shape index (κ2) is 7.80. The molecule has 0 amide bonds. The fourth-order valence-electron chi connectivity index (χ4n) is 4.12. The molecule has 0 spiro atoms. The van der Waals surface area contributed by atoms with Crippen LogP contribution in [0.4, 0.5) is 0 Å². The Kier molecular flexibility index (Phi) is 4.94. The summed E-state index contributed by atoms with van der Waals surface area (Å²) in [6, 6.07) is 19.0. The number of halogens is 1. The normalized spacial score (nSPS) is 11.4. The van der Waals surface area contributed by atoms with Gasteiger partial charge in [0.25, 0.3) is 5.56 Å². The summed E-state index contributed by atoms with van der Waals surface area (Å²) in [4.78, 5) is 17.9. The molecule has 7 heteroatoms. The minimum atomic E-state index is -0.124. The van der Waals surface area contributed by atoms with Crippen molar-refractivity contribution in [2.75, 3.05) is 0 Å². The predicted octanol–water partition coefficient (Wildman–Crippen LogP) is 5.38. The zero-order valence-corrected chi connectivity index (χ0v) is 18.7. The van der Waals surface area contributed by atoms with E-state index in [2.05, 4.69) is 10.1 Å².